The zero-order chi connectivity index (χ0) is 11.7. The third kappa shape index (κ3) is 1.79. The minimum Gasteiger partial charge on any atom is -0.324 e. The Balaban J connectivity index is 2.46. The monoisotopic (exact) mass is 217 g/mol. The van der Waals surface area contributed by atoms with Crippen LogP contribution >= 0.6 is 0 Å². The fourth-order valence-corrected chi connectivity index (χ4v) is 1.70. The molecule has 1 atom stereocenters. The van der Waals surface area contributed by atoms with Gasteiger partial charge in [-0.25, -0.2) is 4.79 Å². The Morgan fingerprint density at radius 1 is 1.31 bits per heavy atom. The lowest BCUT2D eigenvalue weighted by molar-refractivity contribution is 0.816. The molecule has 1 heterocycles. The second kappa shape index (κ2) is 3.98. The van der Waals surface area contributed by atoms with Gasteiger partial charge >= 0.3 is 5.69 Å². The van der Waals surface area contributed by atoms with E-state index in [1.807, 2.05) is 38.1 Å². The number of nitrogens with one attached hydrogen (secondary N) is 1. The number of imidazole rings is 1. The number of hydrogen-bond donors (Lipinski definition) is 2. The lowest BCUT2D eigenvalue weighted by Gasteiger charge is -2.08. The van der Waals surface area contributed by atoms with Gasteiger partial charge in [0, 0.05) is 17.9 Å². The van der Waals surface area contributed by atoms with Crippen molar-refractivity contribution in [3.8, 4) is 5.69 Å². The average Bonchev–Trinajstić information content (AvgIpc) is 2.59. The SMILES string of the molecule is Cc1c[nH]c(=O)n1-c1ccc([C@@H](C)N)cc1. The molecule has 16 heavy (non-hydrogen) atoms. The average molecular weight is 217 g/mol. The quantitative estimate of drug-likeness (QED) is 0.800. The molecule has 4 heteroatoms. The van der Waals surface area contributed by atoms with Crippen LogP contribution in [0.4, 0.5) is 0 Å². The van der Waals surface area contributed by atoms with Gasteiger partial charge in [-0.1, -0.05) is 12.1 Å². The van der Waals surface area contributed by atoms with E-state index in [0.717, 1.165) is 16.9 Å². The Kier molecular flexibility index (Phi) is 2.66. The van der Waals surface area contributed by atoms with Gasteiger partial charge in [0.2, 0.25) is 0 Å². The predicted octanol–water partition coefficient (Wildman–Crippen LogP) is 1.49. The van der Waals surface area contributed by atoms with Crippen molar-refractivity contribution in [2.75, 3.05) is 0 Å². The number of nitrogens with two attached hydrogens (primary N) is 1. The Hall–Kier alpha value is -1.81. The van der Waals surface area contributed by atoms with Gasteiger partial charge in [0.15, 0.2) is 0 Å². The number of nitrogens with zero attached hydrogens (tertiary/aromatic N) is 1. The molecule has 0 saturated carbocycles. The van der Waals surface area contributed by atoms with E-state index in [2.05, 4.69) is 4.98 Å². The fraction of sp³-hybridized carbons (Fsp3) is 0.250. The molecule has 3 N–H and O–H groups in total. The summed E-state index contributed by atoms with van der Waals surface area (Å²) >= 11 is 0. The van der Waals surface area contributed by atoms with Crippen LogP contribution in [0.1, 0.15) is 24.2 Å². The zero-order valence-electron chi connectivity index (χ0n) is 9.40. The maximum Gasteiger partial charge on any atom is 0.330 e. The first-order valence-electron chi connectivity index (χ1n) is 5.22. The highest BCUT2D eigenvalue weighted by atomic mass is 16.1. The highest BCUT2D eigenvalue weighted by molar-refractivity contribution is 5.36. The lowest BCUT2D eigenvalue weighted by Crippen LogP contribution is -2.16. The summed E-state index contributed by atoms with van der Waals surface area (Å²) in [6.07, 6.45) is 1.70. The Bertz CT molecular complexity index is 534. The molecule has 0 fully saturated rings. The topological polar surface area (TPSA) is 63.8 Å². The van der Waals surface area contributed by atoms with Gasteiger partial charge in [0.1, 0.15) is 0 Å². The third-order valence-electron chi connectivity index (χ3n) is 2.64. The summed E-state index contributed by atoms with van der Waals surface area (Å²) in [6.45, 7) is 3.82. The van der Waals surface area contributed by atoms with Crippen LogP contribution in [0.5, 0.6) is 0 Å². The standard InChI is InChI=1S/C12H15N3O/c1-8-7-14-12(16)15(8)11-5-3-10(4-6-11)9(2)13/h3-7,9H,13H2,1-2H3,(H,14,16)/t9-/m1/s1. The Morgan fingerprint density at radius 2 is 1.94 bits per heavy atom. The number of hydrogen-bond acceptors (Lipinski definition) is 2. The summed E-state index contributed by atoms with van der Waals surface area (Å²) in [5, 5.41) is 0. The number of aryl methyl sites for hydroxylation is 1. The fourth-order valence-electron chi connectivity index (χ4n) is 1.70. The van der Waals surface area contributed by atoms with Crippen molar-refractivity contribution in [1.29, 1.82) is 0 Å². The molecule has 0 aliphatic heterocycles. The number of H-pyrrole nitrogens is 1. The molecule has 84 valence electrons. The maximum absolute atomic E-state index is 11.5. The first-order valence-corrected chi connectivity index (χ1v) is 5.22. The minimum atomic E-state index is -0.119. The van der Waals surface area contributed by atoms with Crippen molar-refractivity contribution in [3.63, 3.8) is 0 Å². The van der Waals surface area contributed by atoms with Crippen molar-refractivity contribution in [2.45, 2.75) is 19.9 Å². The largest absolute Gasteiger partial charge is 0.330 e. The van der Waals surface area contributed by atoms with Crippen molar-refractivity contribution in [3.05, 3.63) is 52.2 Å². The molecule has 2 rings (SSSR count). The summed E-state index contributed by atoms with van der Waals surface area (Å²) in [5.74, 6) is 0. The summed E-state index contributed by atoms with van der Waals surface area (Å²) in [7, 11) is 0. The van der Waals surface area contributed by atoms with Crippen LogP contribution in [0.3, 0.4) is 0 Å². The summed E-state index contributed by atoms with van der Waals surface area (Å²) in [4.78, 5) is 14.2. The molecule has 1 aromatic carbocycles. The van der Waals surface area contributed by atoms with Gasteiger partial charge in [-0.2, -0.15) is 0 Å². The van der Waals surface area contributed by atoms with E-state index in [9.17, 15) is 4.79 Å². The van der Waals surface area contributed by atoms with E-state index in [1.54, 1.807) is 10.8 Å². The van der Waals surface area contributed by atoms with Gasteiger partial charge in [-0.05, 0) is 31.5 Å². The predicted molar refractivity (Wildman–Crippen MR) is 63.7 cm³/mol. The Morgan fingerprint density at radius 3 is 2.38 bits per heavy atom. The van der Waals surface area contributed by atoms with Crippen LogP contribution in [-0.4, -0.2) is 9.55 Å². The number of aromatic amines is 1. The van der Waals surface area contributed by atoms with E-state index in [-0.39, 0.29) is 11.7 Å². The van der Waals surface area contributed by atoms with E-state index in [4.69, 9.17) is 5.73 Å². The second-order valence-electron chi connectivity index (χ2n) is 3.95. The number of rotatable bonds is 2. The lowest BCUT2D eigenvalue weighted by atomic mass is 10.1. The molecule has 1 aromatic heterocycles. The van der Waals surface area contributed by atoms with Gasteiger partial charge in [0.05, 0.1) is 5.69 Å². The molecular weight excluding hydrogens is 202 g/mol. The van der Waals surface area contributed by atoms with Crippen molar-refractivity contribution in [2.24, 2.45) is 5.73 Å². The zero-order valence-corrected chi connectivity index (χ0v) is 9.40. The van der Waals surface area contributed by atoms with Crippen LogP contribution in [-0.2, 0) is 0 Å². The summed E-state index contributed by atoms with van der Waals surface area (Å²) < 4.78 is 1.63. The van der Waals surface area contributed by atoms with E-state index in [1.165, 1.54) is 0 Å². The van der Waals surface area contributed by atoms with Crippen LogP contribution in [0.2, 0.25) is 0 Å². The minimum absolute atomic E-state index is 0.0121. The number of benzene rings is 1. The van der Waals surface area contributed by atoms with Crippen molar-refractivity contribution < 1.29 is 0 Å². The molecule has 0 amide bonds. The van der Waals surface area contributed by atoms with Gasteiger partial charge in [0.25, 0.3) is 0 Å². The van der Waals surface area contributed by atoms with Gasteiger partial charge in [-0.3, -0.25) is 4.57 Å². The molecule has 2 aromatic rings. The molecule has 0 aliphatic rings. The molecule has 4 nitrogen and oxygen atoms in total. The van der Waals surface area contributed by atoms with E-state index >= 15 is 0 Å². The van der Waals surface area contributed by atoms with E-state index in [0.29, 0.717) is 0 Å². The third-order valence-corrected chi connectivity index (χ3v) is 2.64. The summed E-state index contributed by atoms with van der Waals surface area (Å²) in [6, 6.07) is 7.71. The highest BCUT2D eigenvalue weighted by Crippen LogP contribution is 2.13. The first-order chi connectivity index (χ1) is 7.59. The molecular formula is C12H15N3O. The summed E-state index contributed by atoms with van der Waals surface area (Å²) in [5.41, 5.74) is 8.45. The van der Waals surface area contributed by atoms with Crippen molar-refractivity contribution >= 4 is 0 Å². The van der Waals surface area contributed by atoms with Gasteiger partial charge in [-0.15, -0.1) is 0 Å². The van der Waals surface area contributed by atoms with Crippen molar-refractivity contribution in [1.82, 2.24) is 9.55 Å². The van der Waals surface area contributed by atoms with Crippen LogP contribution in [0, 0.1) is 6.92 Å². The molecule has 0 radical (unpaired) electrons. The molecule has 0 unspecified atom stereocenters. The van der Waals surface area contributed by atoms with Crippen LogP contribution < -0.4 is 11.4 Å². The highest BCUT2D eigenvalue weighted by Gasteiger charge is 2.05. The second-order valence-corrected chi connectivity index (χ2v) is 3.95. The van der Waals surface area contributed by atoms with E-state index < -0.39 is 0 Å². The molecule has 0 spiro atoms. The molecule has 0 saturated heterocycles. The smallest absolute Gasteiger partial charge is 0.324 e. The first kappa shape index (κ1) is 10.7. The molecule has 0 bridgehead atoms. The van der Waals surface area contributed by atoms with Crippen LogP contribution in [0.15, 0.2) is 35.3 Å². The Labute approximate surface area is 93.7 Å². The number of aromatic nitrogens is 2. The van der Waals surface area contributed by atoms with Crippen LogP contribution in [0.25, 0.3) is 5.69 Å². The maximum atomic E-state index is 11.5. The normalized spacial score (nSPS) is 12.7. The van der Waals surface area contributed by atoms with Gasteiger partial charge < -0.3 is 10.7 Å². The molecule has 0 aliphatic carbocycles.